The zero-order valence-corrected chi connectivity index (χ0v) is 15.5. The monoisotopic (exact) mass is 382 g/mol. The Morgan fingerprint density at radius 2 is 2.00 bits per heavy atom. The predicted octanol–water partition coefficient (Wildman–Crippen LogP) is 3.60. The number of benzene rings is 2. The number of rotatable bonds is 4. The minimum absolute atomic E-state index is 0.130. The third-order valence-electron chi connectivity index (χ3n) is 4.92. The highest BCUT2D eigenvalue weighted by Gasteiger charge is 2.31. The average molecular weight is 382 g/mol. The van der Waals surface area contributed by atoms with Gasteiger partial charge >= 0.3 is 0 Å². The predicted molar refractivity (Wildman–Crippen MR) is 102 cm³/mol. The van der Waals surface area contributed by atoms with Crippen LogP contribution in [0.5, 0.6) is 0 Å². The van der Waals surface area contributed by atoms with E-state index in [9.17, 15) is 14.3 Å². The van der Waals surface area contributed by atoms with Crippen LogP contribution in [-0.4, -0.2) is 34.0 Å². The van der Waals surface area contributed by atoms with Crippen LogP contribution in [0.4, 0.5) is 4.39 Å². The van der Waals surface area contributed by atoms with E-state index in [2.05, 4.69) is 4.98 Å². The normalized spacial score (nSPS) is 16.2. The lowest BCUT2D eigenvalue weighted by Crippen LogP contribution is -2.41. The number of fused-ring (bicyclic) bond motifs is 1. The van der Waals surface area contributed by atoms with Gasteiger partial charge in [0.15, 0.2) is 0 Å². The molecule has 1 amide bonds. The van der Waals surface area contributed by atoms with E-state index >= 15 is 0 Å². The summed E-state index contributed by atoms with van der Waals surface area (Å²) >= 11 is 1.35. The minimum atomic E-state index is -0.362. The van der Waals surface area contributed by atoms with Crippen LogP contribution in [0.15, 0.2) is 53.9 Å². The van der Waals surface area contributed by atoms with Crippen LogP contribution in [0.2, 0.25) is 0 Å². The molecule has 1 aromatic heterocycles. The molecule has 3 aromatic rings. The second-order valence-electron chi connectivity index (χ2n) is 6.54. The second-order valence-corrected chi connectivity index (χ2v) is 7.48. The van der Waals surface area contributed by atoms with Gasteiger partial charge in [-0.05, 0) is 29.2 Å². The summed E-state index contributed by atoms with van der Waals surface area (Å²) in [6.07, 6.45) is 1.11. The van der Waals surface area contributed by atoms with E-state index < -0.39 is 0 Å². The quantitative estimate of drug-likeness (QED) is 0.750. The Balaban J connectivity index is 1.55. The molecule has 4 nitrogen and oxygen atoms in total. The van der Waals surface area contributed by atoms with Crippen LogP contribution < -0.4 is 0 Å². The number of thiazole rings is 1. The van der Waals surface area contributed by atoms with Gasteiger partial charge in [-0.25, -0.2) is 9.37 Å². The summed E-state index contributed by atoms with van der Waals surface area (Å²) in [6.45, 7) is 0.413. The number of aliphatic hydroxyl groups excluding tert-OH is 1. The Hall–Kier alpha value is -2.57. The number of aliphatic hydroxyl groups is 1. The highest BCUT2D eigenvalue weighted by molar-refractivity contribution is 7.09. The fourth-order valence-corrected chi connectivity index (χ4v) is 4.32. The van der Waals surface area contributed by atoms with Gasteiger partial charge in [-0.15, -0.1) is 11.3 Å². The SMILES string of the molecule is O=C(c1csc(Cc2ccccc2F)n1)N1CCc2ccccc2[C@H]1CO. The number of hydrogen-bond acceptors (Lipinski definition) is 4. The van der Waals surface area contributed by atoms with E-state index in [1.807, 2.05) is 24.3 Å². The molecule has 0 saturated heterocycles. The fourth-order valence-electron chi connectivity index (χ4n) is 3.53. The average Bonchev–Trinajstić information content (AvgIpc) is 3.17. The number of amides is 1. The molecule has 0 bridgehead atoms. The molecule has 27 heavy (non-hydrogen) atoms. The van der Waals surface area contributed by atoms with Gasteiger partial charge in [0.1, 0.15) is 11.5 Å². The molecule has 1 N–H and O–H groups in total. The van der Waals surface area contributed by atoms with E-state index in [0.29, 0.717) is 29.2 Å². The Bertz CT molecular complexity index is 972. The molecule has 0 unspecified atom stereocenters. The molecule has 0 radical (unpaired) electrons. The number of aromatic nitrogens is 1. The number of halogens is 1. The first kappa shape index (κ1) is 17.8. The maximum atomic E-state index is 13.8. The van der Waals surface area contributed by atoms with Crippen molar-refractivity contribution in [1.82, 2.24) is 9.88 Å². The molecule has 0 spiro atoms. The third kappa shape index (κ3) is 3.50. The smallest absolute Gasteiger partial charge is 0.273 e. The first-order chi connectivity index (χ1) is 13.2. The summed E-state index contributed by atoms with van der Waals surface area (Å²) < 4.78 is 13.8. The second kappa shape index (κ2) is 7.58. The number of carbonyl (C=O) groups excluding carboxylic acids is 1. The van der Waals surface area contributed by atoms with Crippen molar-refractivity contribution in [2.24, 2.45) is 0 Å². The van der Waals surface area contributed by atoms with E-state index in [1.54, 1.807) is 28.5 Å². The van der Waals surface area contributed by atoms with Crippen molar-refractivity contribution in [1.29, 1.82) is 0 Å². The summed E-state index contributed by atoms with van der Waals surface area (Å²) in [7, 11) is 0. The lowest BCUT2D eigenvalue weighted by Gasteiger charge is -2.36. The van der Waals surface area contributed by atoms with Gasteiger partial charge in [0, 0.05) is 18.3 Å². The maximum Gasteiger partial charge on any atom is 0.273 e. The Kier molecular flexibility index (Phi) is 5.01. The van der Waals surface area contributed by atoms with Crippen molar-refractivity contribution >= 4 is 17.2 Å². The number of nitrogens with zero attached hydrogens (tertiary/aromatic N) is 2. The lowest BCUT2D eigenvalue weighted by molar-refractivity contribution is 0.0563. The zero-order chi connectivity index (χ0) is 18.8. The summed E-state index contributed by atoms with van der Waals surface area (Å²) in [5, 5.41) is 12.3. The molecule has 1 aliphatic rings. The van der Waals surface area contributed by atoms with Crippen LogP contribution in [0.3, 0.4) is 0 Å². The Labute approximate surface area is 160 Å². The molecule has 2 aromatic carbocycles. The van der Waals surface area contributed by atoms with Crippen LogP contribution in [0.25, 0.3) is 0 Å². The van der Waals surface area contributed by atoms with Gasteiger partial charge in [-0.3, -0.25) is 4.79 Å². The molecule has 0 saturated carbocycles. The molecule has 0 fully saturated rings. The summed E-state index contributed by atoms with van der Waals surface area (Å²) in [5.41, 5.74) is 3.07. The number of hydrogen-bond donors (Lipinski definition) is 1. The molecular weight excluding hydrogens is 363 g/mol. The summed E-state index contributed by atoms with van der Waals surface area (Å²) in [6, 6.07) is 14.1. The van der Waals surface area contributed by atoms with Crippen LogP contribution in [0, 0.1) is 5.82 Å². The molecule has 1 aliphatic heterocycles. The third-order valence-corrected chi connectivity index (χ3v) is 5.77. The largest absolute Gasteiger partial charge is 0.394 e. The van der Waals surface area contributed by atoms with Gasteiger partial charge in [0.25, 0.3) is 5.91 Å². The van der Waals surface area contributed by atoms with Crippen molar-refractivity contribution in [2.75, 3.05) is 13.2 Å². The topological polar surface area (TPSA) is 53.4 Å². The number of carbonyl (C=O) groups is 1. The summed E-state index contributed by atoms with van der Waals surface area (Å²) in [4.78, 5) is 19.1. The van der Waals surface area contributed by atoms with E-state index in [4.69, 9.17) is 0 Å². The molecule has 2 heterocycles. The highest BCUT2D eigenvalue weighted by Crippen LogP contribution is 2.30. The van der Waals surface area contributed by atoms with Gasteiger partial charge in [0.2, 0.25) is 0 Å². The van der Waals surface area contributed by atoms with Gasteiger partial charge in [-0.1, -0.05) is 42.5 Å². The molecule has 0 aliphatic carbocycles. The fraction of sp³-hybridized carbons (Fsp3) is 0.238. The standard InChI is InChI=1S/C21H19FN2O2S/c22-17-8-4-2-6-15(17)11-20-23-18(13-27-20)21(26)24-10-9-14-5-1-3-7-16(14)19(24)12-25/h1-8,13,19,25H,9-12H2/t19-/m1/s1. The van der Waals surface area contributed by atoms with Crippen LogP contribution in [0.1, 0.15) is 38.2 Å². The first-order valence-electron chi connectivity index (χ1n) is 8.85. The summed E-state index contributed by atoms with van der Waals surface area (Å²) in [5.74, 6) is -0.465. The maximum absolute atomic E-state index is 13.8. The van der Waals surface area contributed by atoms with Crippen molar-refractivity contribution in [2.45, 2.75) is 18.9 Å². The van der Waals surface area contributed by atoms with E-state index in [-0.39, 0.29) is 24.4 Å². The minimum Gasteiger partial charge on any atom is -0.394 e. The Morgan fingerprint density at radius 1 is 1.22 bits per heavy atom. The van der Waals surface area contributed by atoms with E-state index in [0.717, 1.165) is 12.0 Å². The molecule has 6 heteroatoms. The van der Waals surface area contributed by atoms with Crippen molar-refractivity contribution in [3.8, 4) is 0 Å². The zero-order valence-electron chi connectivity index (χ0n) is 14.6. The van der Waals surface area contributed by atoms with Crippen molar-refractivity contribution in [3.63, 3.8) is 0 Å². The molecule has 4 rings (SSSR count). The highest BCUT2D eigenvalue weighted by atomic mass is 32.1. The van der Waals surface area contributed by atoms with Gasteiger partial charge in [-0.2, -0.15) is 0 Å². The van der Waals surface area contributed by atoms with Crippen LogP contribution in [-0.2, 0) is 12.8 Å². The first-order valence-corrected chi connectivity index (χ1v) is 9.73. The lowest BCUT2D eigenvalue weighted by atomic mass is 9.93. The van der Waals surface area contributed by atoms with E-state index in [1.165, 1.54) is 23.0 Å². The van der Waals surface area contributed by atoms with Crippen molar-refractivity contribution < 1.29 is 14.3 Å². The molecular formula is C21H19FN2O2S. The molecule has 1 atom stereocenters. The molecule has 138 valence electrons. The Morgan fingerprint density at radius 3 is 2.81 bits per heavy atom. The van der Waals surface area contributed by atoms with Gasteiger partial charge in [0.05, 0.1) is 17.7 Å². The van der Waals surface area contributed by atoms with Crippen LogP contribution >= 0.6 is 11.3 Å². The van der Waals surface area contributed by atoms with Gasteiger partial charge < -0.3 is 10.0 Å². The van der Waals surface area contributed by atoms with Crippen molar-refractivity contribution in [3.05, 3.63) is 87.1 Å².